The van der Waals surface area contributed by atoms with Gasteiger partial charge in [-0.05, 0) is 35.8 Å². The van der Waals surface area contributed by atoms with Crippen LogP contribution in [0.2, 0.25) is 5.02 Å². The first-order valence-corrected chi connectivity index (χ1v) is 8.56. The number of nitrogens with one attached hydrogen (secondary N) is 1. The Labute approximate surface area is 134 Å². The fourth-order valence-corrected chi connectivity index (χ4v) is 4.18. The average Bonchev–Trinajstić information content (AvgIpc) is 2.91. The monoisotopic (exact) mass is 322 g/mol. The van der Waals surface area contributed by atoms with Crippen molar-refractivity contribution in [1.29, 1.82) is 0 Å². The topological polar surface area (TPSA) is 42.7 Å². The molecule has 0 radical (unpaired) electrons. The number of rotatable bonds is 3. The number of anilines is 1. The summed E-state index contributed by atoms with van der Waals surface area (Å²) in [6, 6.07) is 6.26. The molecule has 0 bridgehead atoms. The molecule has 1 aliphatic rings. The van der Waals surface area contributed by atoms with Gasteiger partial charge in [-0.1, -0.05) is 25.4 Å². The summed E-state index contributed by atoms with van der Waals surface area (Å²) in [6.45, 7) is 4.65. The molecule has 2 aromatic rings. The summed E-state index contributed by atoms with van der Waals surface area (Å²) in [5.74, 6) is 2.34. The van der Waals surface area contributed by atoms with Crippen molar-refractivity contribution in [2.75, 3.05) is 16.8 Å². The number of hydrogen-bond acceptors (Lipinski definition) is 4. The van der Waals surface area contributed by atoms with E-state index in [0.29, 0.717) is 11.5 Å². The van der Waals surface area contributed by atoms with Crippen molar-refractivity contribution in [2.24, 2.45) is 5.41 Å². The minimum absolute atomic E-state index is 0.368. The predicted molar refractivity (Wildman–Crippen MR) is 89.5 cm³/mol. The van der Waals surface area contributed by atoms with Gasteiger partial charge in [-0.15, -0.1) is 0 Å². The van der Waals surface area contributed by atoms with Gasteiger partial charge in [0.15, 0.2) is 0 Å². The lowest BCUT2D eigenvalue weighted by Crippen LogP contribution is -2.35. The maximum Gasteiger partial charge on any atom is 0.138 e. The van der Waals surface area contributed by atoms with Crippen LogP contribution in [0.1, 0.15) is 20.3 Å². The lowest BCUT2D eigenvalue weighted by atomic mass is 9.87. The van der Waals surface area contributed by atoms with Crippen LogP contribution >= 0.6 is 23.4 Å². The number of halogens is 1. The highest BCUT2D eigenvalue weighted by Crippen LogP contribution is 2.35. The van der Waals surface area contributed by atoms with Gasteiger partial charge >= 0.3 is 0 Å². The Kier molecular flexibility index (Phi) is 4.13. The lowest BCUT2D eigenvalue weighted by molar-refractivity contribution is 0.358. The molecular formula is C15H19ClN4S. The molecule has 1 aliphatic heterocycles. The molecule has 1 aromatic heterocycles. The molecule has 4 nitrogen and oxygen atoms in total. The van der Waals surface area contributed by atoms with Crippen LogP contribution in [0.3, 0.4) is 0 Å². The van der Waals surface area contributed by atoms with Crippen LogP contribution in [0.25, 0.3) is 5.69 Å². The summed E-state index contributed by atoms with van der Waals surface area (Å²) in [6.07, 6.45) is 4.40. The maximum absolute atomic E-state index is 6.16. The number of thioether (sulfide) groups is 1. The molecule has 1 N–H and O–H groups in total. The fraction of sp³-hybridized carbons (Fsp3) is 0.467. The molecule has 1 atom stereocenters. The van der Waals surface area contributed by atoms with Gasteiger partial charge in [-0.25, -0.2) is 9.67 Å². The van der Waals surface area contributed by atoms with E-state index in [1.807, 2.05) is 30.0 Å². The van der Waals surface area contributed by atoms with Crippen molar-refractivity contribution in [3.8, 4) is 5.69 Å². The molecule has 21 heavy (non-hydrogen) atoms. The number of nitrogens with zero attached hydrogens (tertiary/aromatic N) is 3. The molecule has 1 fully saturated rings. The fourth-order valence-electron chi connectivity index (χ4n) is 2.73. The molecule has 6 heteroatoms. The summed E-state index contributed by atoms with van der Waals surface area (Å²) in [4.78, 5) is 4.02. The molecular weight excluding hydrogens is 304 g/mol. The minimum atomic E-state index is 0.368. The first-order valence-electron chi connectivity index (χ1n) is 7.02. The zero-order chi connectivity index (χ0) is 14.9. The van der Waals surface area contributed by atoms with E-state index in [1.165, 1.54) is 12.1 Å². The zero-order valence-electron chi connectivity index (χ0n) is 12.2. The number of benzene rings is 1. The van der Waals surface area contributed by atoms with E-state index in [9.17, 15) is 0 Å². The van der Waals surface area contributed by atoms with Crippen molar-refractivity contribution in [2.45, 2.75) is 26.3 Å². The summed E-state index contributed by atoms with van der Waals surface area (Å²) < 4.78 is 1.76. The first kappa shape index (κ1) is 14.7. The predicted octanol–water partition coefficient (Wildman–Crippen LogP) is 3.86. The van der Waals surface area contributed by atoms with Gasteiger partial charge in [-0.2, -0.15) is 16.9 Å². The van der Waals surface area contributed by atoms with E-state index in [-0.39, 0.29) is 0 Å². The van der Waals surface area contributed by atoms with E-state index >= 15 is 0 Å². The van der Waals surface area contributed by atoms with Crippen LogP contribution in [0.15, 0.2) is 30.9 Å². The Morgan fingerprint density at radius 3 is 3.00 bits per heavy atom. The summed E-state index contributed by atoms with van der Waals surface area (Å²) in [5.41, 5.74) is 2.36. The zero-order valence-corrected chi connectivity index (χ0v) is 13.8. The van der Waals surface area contributed by atoms with Gasteiger partial charge in [0.25, 0.3) is 0 Å². The van der Waals surface area contributed by atoms with Crippen molar-refractivity contribution >= 4 is 29.1 Å². The van der Waals surface area contributed by atoms with Gasteiger partial charge in [0.1, 0.15) is 12.7 Å². The largest absolute Gasteiger partial charge is 0.380 e. The molecule has 1 aromatic carbocycles. The van der Waals surface area contributed by atoms with E-state index in [0.717, 1.165) is 28.6 Å². The van der Waals surface area contributed by atoms with Crippen LogP contribution in [0, 0.1) is 5.41 Å². The summed E-state index contributed by atoms with van der Waals surface area (Å²) in [7, 11) is 0. The third kappa shape index (κ3) is 3.52. The van der Waals surface area contributed by atoms with Gasteiger partial charge in [0.2, 0.25) is 0 Å². The van der Waals surface area contributed by atoms with Crippen molar-refractivity contribution in [3.05, 3.63) is 35.9 Å². The first-order chi connectivity index (χ1) is 10.0. The van der Waals surface area contributed by atoms with Gasteiger partial charge in [0.05, 0.1) is 11.4 Å². The molecule has 0 aliphatic carbocycles. The maximum atomic E-state index is 6.16. The Morgan fingerprint density at radius 1 is 1.43 bits per heavy atom. The SMILES string of the molecule is CC1(C)CSCC(Nc2cc(Cl)ccc2-n2cncn2)C1. The third-order valence-electron chi connectivity index (χ3n) is 3.59. The Balaban J connectivity index is 1.86. The Bertz CT molecular complexity index is 612. The van der Waals surface area contributed by atoms with Crippen LogP contribution in [0.4, 0.5) is 5.69 Å². The molecule has 112 valence electrons. The normalized spacial score (nSPS) is 21.2. The Morgan fingerprint density at radius 2 is 2.29 bits per heavy atom. The molecule has 1 unspecified atom stereocenters. The van der Waals surface area contributed by atoms with E-state index in [2.05, 4.69) is 29.2 Å². The second-order valence-corrected chi connectivity index (χ2v) is 7.69. The van der Waals surface area contributed by atoms with Crippen LogP contribution in [-0.4, -0.2) is 32.3 Å². The third-order valence-corrected chi connectivity index (χ3v) is 5.45. The van der Waals surface area contributed by atoms with Crippen LogP contribution in [-0.2, 0) is 0 Å². The average molecular weight is 323 g/mol. The van der Waals surface area contributed by atoms with Crippen molar-refractivity contribution in [1.82, 2.24) is 14.8 Å². The smallest absolute Gasteiger partial charge is 0.138 e. The molecule has 0 amide bonds. The minimum Gasteiger partial charge on any atom is -0.380 e. The van der Waals surface area contributed by atoms with Crippen LogP contribution in [0.5, 0.6) is 0 Å². The van der Waals surface area contributed by atoms with Crippen molar-refractivity contribution < 1.29 is 0 Å². The summed E-state index contributed by atoms with van der Waals surface area (Å²) >= 11 is 8.17. The van der Waals surface area contributed by atoms with Gasteiger partial charge in [0, 0.05) is 16.8 Å². The lowest BCUT2D eigenvalue weighted by Gasteiger charge is -2.35. The Hall–Kier alpha value is -1.20. The standard InChI is InChI=1S/C15H19ClN4S/c1-15(2)6-12(7-21-8-15)19-13-5-11(16)3-4-14(13)20-10-17-9-18-20/h3-5,9-10,12,19H,6-8H2,1-2H3. The second-order valence-electron chi connectivity index (χ2n) is 6.23. The highest BCUT2D eigenvalue weighted by Gasteiger charge is 2.28. The second kappa shape index (κ2) is 5.89. The van der Waals surface area contributed by atoms with Gasteiger partial charge in [-0.3, -0.25) is 0 Å². The van der Waals surface area contributed by atoms with E-state index < -0.39 is 0 Å². The van der Waals surface area contributed by atoms with Crippen molar-refractivity contribution in [3.63, 3.8) is 0 Å². The molecule has 2 heterocycles. The number of hydrogen-bond donors (Lipinski definition) is 1. The van der Waals surface area contributed by atoms with Gasteiger partial charge < -0.3 is 5.32 Å². The van der Waals surface area contributed by atoms with E-state index in [1.54, 1.807) is 11.0 Å². The molecule has 1 saturated heterocycles. The van der Waals surface area contributed by atoms with E-state index in [4.69, 9.17) is 11.6 Å². The number of aromatic nitrogens is 3. The molecule has 3 rings (SSSR count). The summed E-state index contributed by atoms with van der Waals surface area (Å²) in [5, 5.41) is 8.58. The highest BCUT2D eigenvalue weighted by molar-refractivity contribution is 7.99. The molecule has 0 spiro atoms. The highest BCUT2D eigenvalue weighted by atomic mass is 35.5. The molecule has 0 saturated carbocycles. The quantitative estimate of drug-likeness (QED) is 0.931. The van der Waals surface area contributed by atoms with Crippen LogP contribution < -0.4 is 5.32 Å².